The van der Waals surface area contributed by atoms with Gasteiger partial charge < -0.3 is 19.7 Å². The van der Waals surface area contributed by atoms with E-state index in [2.05, 4.69) is 0 Å². The smallest absolute Gasteiger partial charge is 0.341 e. The molecule has 10 heteroatoms. The number of aliphatic carboxylic acids is 2. The fourth-order valence-corrected chi connectivity index (χ4v) is 3.68. The summed E-state index contributed by atoms with van der Waals surface area (Å²) in [5.74, 6) is -1.63. The molecule has 0 saturated carbocycles. The largest absolute Gasteiger partial charge is 0.490 e. The number of ether oxygens (including phenoxy) is 2. The van der Waals surface area contributed by atoms with Gasteiger partial charge in [-0.1, -0.05) is 30.0 Å². The second kappa shape index (κ2) is 10.1. The van der Waals surface area contributed by atoms with Crippen molar-refractivity contribution in [3.05, 3.63) is 28.7 Å². The zero-order chi connectivity index (χ0) is 20.7. The Morgan fingerprint density at radius 1 is 1.21 bits per heavy atom. The van der Waals surface area contributed by atoms with Crippen LogP contribution in [-0.2, 0) is 14.4 Å². The van der Waals surface area contributed by atoms with Crippen molar-refractivity contribution < 1.29 is 34.1 Å². The van der Waals surface area contributed by atoms with Crippen molar-refractivity contribution in [1.82, 2.24) is 4.90 Å². The number of hydrogen-bond donors (Lipinski definition) is 2. The van der Waals surface area contributed by atoms with Crippen LogP contribution in [0.25, 0.3) is 6.08 Å². The predicted octanol–water partition coefficient (Wildman–Crippen LogP) is 2.61. The predicted molar refractivity (Wildman–Crippen MR) is 107 cm³/mol. The van der Waals surface area contributed by atoms with Gasteiger partial charge >= 0.3 is 11.9 Å². The number of carbonyl (C=O) groups excluding carboxylic acids is 1. The van der Waals surface area contributed by atoms with Gasteiger partial charge in [0.2, 0.25) is 0 Å². The Hall–Kier alpha value is -2.59. The average molecular weight is 425 g/mol. The summed E-state index contributed by atoms with van der Waals surface area (Å²) in [5, 5.41) is 17.5. The molecule has 1 aromatic rings. The highest BCUT2D eigenvalue weighted by Crippen LogP contribution is 2.35. The summed E-state index contributed by atoms with van der Waals surface area (Å²) in [5.41, 5.74) is 0.664. The summed E-state index contributed by atoms with van der Waals surface area (Å²) in [4.78, 5) is 35.7. The Labute approximate surface area is 171 Å². The minimum atomic E-state index is -1.10. The third kappa shape index (κ3) is 5.96. The lowest BCUT2D eigenvalue weighted by molar-refractivity contribution is -0.139. The van der Waals surface area contributed by atoms with E-state index in [9.17, 15) is 14.4 Å². The lowest BCUT2D eigenvalue weighted by atomic mass is 10.2. The van der Waals surface area contributed by atoms with Gasteiger partial charge in [0.15, 0.2) is 18.1 Å². The number of rotatable bonds is 10. The zero-order valence-electron chi connectivity index (χ0n) is 15.0. The monoisotopic (exact) mass is 425 g/mol. The van der Waals surface area contributed by atoms with Crippen molar-refractivity contribution in [2.24, 2.45) is 0 Å². The van der Waals surface area contributed by atoms with Crippen LogP contribution in [0.1, 0.15) is 25.3 Å². The van der Waals surface area contributed by atoms with Crippen LogP contribution in [0.5, 0.6) is 11.5 Å². The minimum absolute atomic E-state index is 0.0361. The quantitative estimate of drug-likeness (QED) is 0.431. The molecule has 1 aliphatic heterocycles. The van der Waals surface area contributed by atoms with Crippen molar-refractivity contribution in [2.45, 2.75) is 19.8 Å². The summed E-state index contributed by atoms with van der Waals surface area (Å²) in [6.45, 7) is 1.91. The molecule has 0 radical (unpaired) electrons. The van der Waals surface area contributed by atoms with Crippen LogP contribution < -0.4 is 9.47 Å². The number of carboxylic acids is 2. The first-order valence-corrected chi connectivity index (χ1v) is 9.63. The van der Waals surface area contributed by atoms with Crippen LogP contribution in [0.4, 0.5) is 0 Å². The van der Waals surface area contributed by atoms with E-state index in [4.69, 9.17) is 31.9 Å². The molecule has 0 spiro atoms. The molecule has 0 bridgehead atoms. The van der Waals surface area contributed by atoms with Crippen molar-refractivity contribution in [1.29, 1.82) is 0 Å². The van der Waals surface area contributed by atoms with Crippen LogP contribution in [0, 0.1) is 0 Å². The van der Waals surface area contributed by atoms with Crippen LogP contribution in [0.2, 0.25) is 0 Å². The number of thioether (sulfide) groups is 1. The summed E-state index contributed by atoms with van der Waals surface area (Å²) in [6, 6.07) is 4.90. The molecule has 1 aliphatic rings. The van der Waals surface area contributed by atoms with E-state index in [0.29, 0.717) is 39.3 Å². The number of nitrogens with zero attached hydrogens (tertiary/aromatic N) is 1. The fraction of sp³-hybridized carbons (Fsp3) is 0.333. The van der Waals surface area contributed by atoms with Gasteiger partial charge in [-0.05, 0) is 37.1 Å². The SMILES string of the molecule is CCOc1cc(/C=C2\SC(=S)N(CCCC(=O)O)C2=O)ccc1OCC(=O)O. The number of carboxylic acid groups (broad SMARTS) is 2. The van der Waals surface area contributed by atoms with E-state index in [1.54, 1.807) is 31.2 Å². The first kappa shape index (κ1) is 21.7. The zero-order valence-corrected chi connectivity index (χ0v) is 16.7. The van der Waals surface area contributed by atoms with E-state index >= 15 is 0 Å². The van der Waals surface area contributed by atoms with Gasteiger partial charge in [-0.25, -0.2) is 4.79 Å². The molecule has 0 aromatic heterocycles. The van der Waals surface area contributed by atoms with Crippen LogP contribution >= 0.6 is 24.0 Å². The van der Waals surface area contributed by atoms with E-state index in [0.717, 1.165) is 11.8 Å². The molecule has 0 unspecified atom stereocenters. The topological polar surface area (TPSA) is 113 Å². The second-order valence-electron chi connectivity index (χ2n) is 5.65. The molecule has 0 aliphatic carbocycles. The van der Waals surface area contributed by atoms with Gasteiger partial charge in [-0.2, -0.15) is 0 Å². The maximum Gasteiger partial charge on any atom is 0.341 e. The number of carbonyl (C=O) groups is 3. The lowest BCUT2D eigenvalue weighted by Gasteiger charge is -2.13. The van der Waals surface area contributed by atoms with Crippen LogP contribution in [0.3, 0.4) is 0 Å². The summed E-state index contributed by atoms with van der Waals surface area (Å²) in [7, 11) is 0. The molecule has 8 nitrogen and oxygen atoms in total. The minimum Gasteiger partial charge on any atom is -0.490 e. The first-order valence-electron chi connectivity index (χ1n) is 8.40. The van der Waals surface area contributed by atoms with E-state index in [1.807, 2.05) is 0 Å². The van der Waals surface area contributed by atoms with E-state index in [-0.39, 0.29) is 18.9 Å². The van der Waals surface area contributed by atoms with Crippen LogP contribution in [0.15, 0.2) is 23.1 Å². The Morgan fingerprint density at radius 2 is 1.96 bits per heavy atom. The fourth-order valence-electron chi connectivity index (χ4n) is 2.37. The first-order chi connectivity index (χ1) is 13.3. The Balaban J connectivity index is 2.16. The highest BCUT2D eigenvalue weighted by molar-refractivity contribution is 8.26. The van der Waals surface area contributed by atoms with Gasteiger partial charge in [0, 0.05) is 13.0 Å². The normalized spacial score (nSPS) is 15.2. The number of benzene rings is 1. The summed E-state index contributed by atoms with van der Waals surface area (Å²) >= 11 is 6.36. The standard InChI is InChI=1S/C18H19NO7S2/c1-2-25-13-8-11(5-6-12(13)26-10-16(22)23)9-14-17(24)19(18(27)28-14)7-3-4-15(20)21/h5-6,8-9H,2-4,7,10H2,1H3,(H,20,21)(H,22,23)/b14-9-. The Morgan fingerprint density at radius 3 is 2.61 bits per heavy atom. The Kier molecular flexibility index (Phi) is 7.82. The van der Waals surface area contributed by atoms with Gasteiger partial charge in [-0.15, -0.1) is 0 Å². The number of hydrogen-bond acceptors (Lipinski definition) is 7. The lowest BCUT2D eigenvalue weighted by Crippen LogP contribution is -2.29. The Bertz CT molecular complexity index is 822. The van der Waals surface area contributed by atoms with E-state index < -0.39 is 18.5 Å². The molecular weight excluding hydrogens is 406 g/mol. The summed E-state index contributed by atoms with van der Waals surface area (Å²) in [6.07, 6.45) is 1.94. The molecular formula is C18H19NO7S2. The molecule has 0 atom stereocenters. The number of thiocarbonyl (C=S) groups is 1. The third-order valence-electron chi connectivity index (χ3n) is 3.56. The highest BCUT2D eigenvalue weighted by atomic mass is 32.2. The molecule has 150 valence electrons. The van der Waals surface area contributed by atoms with E-state index in [1.165, 1.54) is 4.90 Å². The maximum atomic E-state index is 12.5. The van der Waals surface area contributed by atoms with Crippen molar-refractivity contribution in [3.63, 3.8) is 0 Å². The molecule has 28 heavy (non-hydrogen) atoms. The second-order valence-corrected chi connectivity index (χ2v) is 7.33. The highest BCUT2D eigenvalue weighted by Gasteiger charge is 2.31. The maximum absolute atomic E-state index is 12.5. The van der Waals surface area contributed by atoms with Gasteiger partial charge in [-0.3, -0.25) is 14.5 Å². The summed E-state index contributed by atoms with van der Waals surface area (Å²) < 4.78 is 11.1. The van der Waals surface area contributed by atoms with Gasteiger partial charge in [0.05, 0.1) is 11.5 Å². The third-order valence-corrected chi connectivity index (χ3v) is 4.94. The molecule has 1 amide bonds. The average Bonchev–Trinajstić information content (AvgIpc) is 2.88. The molecule has 2 rings (SSSR count). The molecule has 1 saturated heterocycles. The van der Waals surface area contributed by atoms with Crippen molar-refractivity contribution >= 4 is 52.2 Å². The molecule has 1 fully saturated rings. The van der Waals surface area contributed by atoms with Crippen LogP contribution in [-0.4, -0.2) is 57.0 Å². The van der Waals surface area contributed by atoms with Gasteiger partial charge in [0.1, 0.15) is 4.32 Å². The number of amides is 1. The van der Waals surface area contributed by atoms with Gasteiger partial charge in [0.25, 0.3) is 5.91 Å². The molecule has 1 heterocycles. The molecule has 1 aromatic carbocycles. The van der Waals surface area contributed by atoms with Crippen molar-refractivity contribution in [2.75, 3.05) is 19.8 Å². The van der Waals surface area contributed by atoms with Crippen molar-refractivity contribution in [3.8, 4) is 11.5 Å². The molecule has 2 N–H and O–H groups in total.